The third-order valence-electron chi connectivity index (χ3n) is 3.06. The molecule has 1 aromatic carbocycles. The Morgan fingerprint density at radius 3 is 2.95 bits per heavy atom. The second-order valence-corrected chi connectivity index (χ2v) is 4.34. The molecule has 1 atom stereocenters. The number of nitrogens with zero attached hydrogens (tertiary/aromatic N) is 1. The van der Waals surface area contributed by atoms with Crippen LogP contribution < -0.4 is 5.32 Å². The number of fused-ring (bicyclic) bond motifs is 1. The Morgan fingerprint density at radius 2 is 2.20 bits per heavy atom. The summed E-state index contributed by atoms with van der Waals surface area (Å²) < 4.78 is 5.19. The molecule has 0 spiro atoms. The molecule has 0 fully saturated rings. The van der Waals surface area contributed by atoms with Crippen LogP contribution >= 0.6 is 0 Å². The molecule has 0 saturated carbocycles. The minimum Gasteiger partial charge on any atom is -0.467 e. The maximum absolute atomic E-state index is 12.2. The molecule has 6 nitrogen and oxygen atoms in total. The summed E-state index contributed by atoms with van der Waals surface area (Å²) in [4.78, 5) is 12.2. The largest absolute Gasteiger partial charge is 0.467 e. The van der Waals surface area contributed by atoms with Crippen molar-refractivity contribution < 1.29 is 14.3 Å². The summed E-state index contributed by atoms with van der Waals surface area (Å²) in [5.74, 6) is 0.138. The fourth-order valence-electron chi connectivity index (χ4n) is 2.06. The molecule has 3 rings (SSSR count). The standard InChI is InChI=1S/C14H13N3O3/c18-8-11(12-6-3-7-20-12)15-14(19)13-9-4-1-2-5-10(9)16-17-13/h1-7,11,18H,8H2,(H,15,19)(H,16,17). The van der Waals surface area contributed by atoms with Crippen molar-refractivity contribution in [2.45, 2.75) is 6.04 Å². The van der Waals surface area contributed by atoms with Crippen molar-refractivity contribution in [3.8, 4) is 0 Å². The first-order valence-corrected chi connectivity index (χ1v) is 6.18. The van der Waals surface area contributed by atoms with Crippen molar-refractivity contribution >= 4 is 16.8 Å². The van der Waals surface area contributed by atoms with Gasteiger partial charge in [0.25, 0.3) is 5.91 Å². The van der Waals surface area contributed by atoms with Crippen LogP contribution in [-0.4, -0.2) is 27.8 Å². The summed E-state index contributed by atoms with van der Waals surface area (Å²) in [5.41, 5.74) is 1.09. The van der Waals surface area contributed by atoms with Crippen LogP contribution in [0.4, 0.5) is 0 Å². The first-order chi connectivity index (χ1) is 9.79. The first-order valence-electron chi connectivity index (χ1n) is 6.18. The van der Waals surface area contributed by atoms with Gasteiger partial charge in [0, 0.05) is 5.39 Å². The molecule has 0 bridgehead atoms. The number of aliphatic hydroxyl groups is 1. The Morgan fingerprint density at radius 1 is 1.35 bits per heavy atom. The zero-order valence-electron chi connectivity index (χ0n) is 10.5. The molecule has 6 heteroatoms. The molecule has 0 aliphatic carbocycles. The number of para-hydroxylation sites is 1. The Hall–Kier alpha value is -2.60. The van der Waals surface area contributed by atoms with Crippen LogP contribution in [0.25, 0.3) is 10.9 Å². The van der Waals surface area contributed by atoms with Gasteiger partial charge in [-0.2, -0.15) is 5.10 Å². The molecular weight excluding hydrogens is 258 g/mol. The molecule has 0 radical (unpaired) electrons. The van der Waals surface area contributed by atoms with E-state index in [0.29, 0.717) is 11.5 Å². The van der Waals surface area contributed by atoms with Gasteiger partial charge >= 0.3 is 0 Å². The van der Waals surface area contributed by atoms with E-state index in [0.717, 1.165) is 10.9 Å². The van der Waals surface area contributed by atoms with Crippen molar-refractivity contribution in [3.63, 3.8) is 0 Å². The molecule has 2 heterocycles. The quantitative estimate of drug-likeness (QED) is 0.672. The van der Waals surface area contributed by atoms with E-state index in [1.165, 1.54) is 6.26 Å². The maximum atomic E-state index is 12.2. The van der Waals surface area contributed by atoms with E-state index in [-0.39, 0.29) is 12.5 Å². The molecule has 1 amide bonds. The van der Waals surface area contributed by atoms with Gasteiger partial charge in [-0.25, -0.2) is 0 Å². The number of H-pyrrole nitrogens is 1. The van der Waals surface area contributed by atoms with Crippen LogP contribution in [0.5, 0.6) is 0 Å². The van der Waals surface area contributed by atoms with Crippen LogP contribution in [-0.2, 0) is 0 Å². The second kappa shape index (κ2) is 5.18. The molecule has 3 N–H and O–H groups in total. The van der Waals surface area contributed by atoms with E-state index in [1.807, 2.05) is 24.3 Å². The topological polar surface area (TPSA) is 91.2 Å². The van der Waals surface area contributed by atoms with E-state index in [4.69, 9.17) is 4.42 Å². The van der Waals surface area contributed by atoms with Gasteiger partial charge in [-0.15, -0.1) is 0 Å². The van der Waals surface area contributed by atoms with Crippen molar-refractivity contribution in [2.24, 2.45) is 0 Å². The highest BCUT2D eigenvalue weighted by atomic mass is 16.3. The molecule has 0 aliphatic heterocycles. The maximum Gasteiger partial charge on any atom is 0.273 e. The number of hydrogen-bond acceptors (Lipinski definition) is 4. The summed E-state index contributed by atoms with van der Waals surface area (Å²) >= 11 is 0. The molecule has 3 aromatic rings. The van der Waals surface area contributed by atoms with Crippen molar-refractivity contribution in [2.75, 3.05) is 6.61 Å². The molecule has 1 unspecified atom stereocenters. The van der Waals surface area contributed by atoms with E-state index in [1.54, 1.807) is 12.1 Å². The van der Waals surface area contributed by atoms with Crippen molar-refractivity contribution in [3.05, 3.63) is 54.1 Å². The third kappa shape index (κ3) is 2.17. The van der Waals surface area contributed by atoms with E-state index in [2.05, 4.69) is 15.5 Å². The highest BCUT2D eigenvalue weighted by molar-refractivity contribution is 6.04. The second-order valence-electron chi connectivity index (χ2n) is 4.34. The van der Waals surface area contributed by atoms with Gasteiger partial charge < -0.3 is 14.8 Å². The minimum absolute atomic E-state index is 0.248. The van der Waals surface area contributed by atoms with Gasteiger partial charge in [-0.1, -0.05) is 18.2 Å². The number of hydrogen-bond donors (Lipinski definition) is 3. The number of rotatable bonds is 4. The highest BCUT2D eigenvalue weighted by Gasteiger charge is 2.20. The number of nitrogens with one attached hydrogen (secondary N) is 2. The smallest absolute Gasteiger partial charge is 0.273 e. The summed E-state index contributed by atoms with van der Waals surface area (Å²) in [6.45, 7) is -0.248. The lowest BCUT2D eigenvalue weighted by Gasteiger charge is -2.12. The zero-order valence-corrected chi connectivity index (χ0v) is 10.5. The summed E-state index contributed by atoms with van der Waals surface area (Å²) in [6, 6.07) is 10.2. The number of furan rings is 1. The summed E-state index contributed by atoms with van der Waals surface area (Å²) in [7, 11) is 0. The van der Waals surface area contributed by atoms with Gasteiger partial charge in [0.2, 0.25) is 0 Å². The van der Waals surface area contributed by atoms with Crippen LogP contribution in [0, 0.1) is 0 Å². The number of amides is 1. The van der Waals surface area contributed by atoms with E-state index in [9.17, 15) is 9.90 Å². The van der Waals surface area contributed by atoms with Gasteiger partial charge in [0.05, 0.1) is 18.4 Å². The molecule has 0 aliphatic rings. The Balaban J connectivity index is 1.85. The number of carbonyl (C=O) groups excluding carboxylic acids is 1. The number of aliphatic hydroxyl groups excluding tert-OH is 1. The number of aromatic nitrogens is 2. The van der Waals surface area contributed by atoms with Gasteiger partial charge in [-0.3, -0.25) is 9.89 Å². The molecule has 0 saturated heterocycles. The lowest BCUT2D eigenvalue weighted by molar-refractivity contribution is 0.0904. The molecule has 2 aromatic heterocycles. The molecule has 102 valence electrons. The van der Waals surface area contributed by atoms with Crippen LogP contribution in [0.2, 0.25) is 0 Å². The normalized spacial score (nSPS) is 12.4. The monoisotopic (exact) mass is 271 g/mol. The van der Waals surface area contributed by atoms with Crippen molar-refractivity contribution in [1.82, 2.24) is 15.5 Å². The Kier molecular flexibility index (Phi) is 3.22. The summed E-state index contributed by atoms with van der Waals surface area (Å²) in [5, 5.41) is 19.6. The average molecular weight is 271 g/mol. The van der Waals surface area contributed by atoms with E-state index >= 15 is 0 Å². The van der Waals surface area contributed by atoms with Gasteiger partial charge in [0.15, 0.2) is 5.69 Å². The van der Waals surface area contributed by atoms with E-state index < -0.39 is 6.04 Å². The van der Waals surface area contributed by atoms with Gasteiger partial charge in [0.1, 0.15) is 11.8 Å². The Labute approximate surface area is 114 Å². The van der Waals surface area contributed by atoms with Crippen LogP contribution in [0.1, 0.15) is 22.3 Å². The van der Waals surface area contributed by atoms with Gasteiger partial charge in [-0.05, 0) is 18.2 Å². The SMILES string of the molecule is O=C(NC(CO)c1ccco1)c1n[nH]c2ccccc12. The first kappa shape index (κ1) is 12.4. The number of aromatic amines is 1. The third-order valence-corrected chi connectivity index (χ3v) is 3.06. The lowest BCUT2D eigenvalue weighted by Crippen LogP contribution is -2.30. The summed E-state index contributed by atoms with van der Waals surface area (Å²) in [6.07, 6.45) is 1.49. The minimum atomic E-state index is -0.590. The number of benzene rings is 1. The molecule has 20 heavy (non-hydrogen) atoms. The average Bonchev–Trinajstić information content (AvgIpc) is 3.13. The fourth-order valence-corrected chi connectivity index (χ4v) is 2.06. The molecular formula is C14H13N3O3. The van der Waals surface area contributed by atoms with Crippen LogP contribution in [0.3, 0.4) is 0 Å². The fraction of sp³-hybridized carbons (Fsp3) is 0.143. The predicted molar refractivity (Wildman–Crippen MR) is 72.1 cm³/mol. The zero-order chi connectivity index (χ0) is 13.9. The lowest BCUT2D eigenvalue weighted by atomic mass is 10.2. The predicted octanol–water partition coefficient (Wildman–Crippen LogP) is 1.62. The van der Waals surface area contributed by atoms with Crippen LogP contribution in [0.15, 0.2) is 47.1 Å². The van der Waals surface area contributed by atoms with Crippen molar-refractivity contribution in [1.29, 1.82) is 0 Å². The highest BCUT2D eigenvalue weighted by Crippen LogP contribution is 2.17. The Bertz CT molecular complexity index is 718. The number of carbonyl (C=O) groups is 1.